The largest absolute Gasteiger partial charge is 0.350 e. The fourth-order valence-electron chi connectivity index (χ4n) is 2.94. The molecule has 2 heterocycles. The number of aromatic nitrogens is 3. The van der Waals surface area contributed by atoms with Crippen LogP contribution in [0.25, 0.3) is 12.3 Å². The first kappa shape index (κ1) is 13.8. The number of aryl methyl sites for hydroxylation is 2. The van der Waals surface area contributed by atoms with Crippen molar-refractivity contribution >= 4 is 12.3 Å². The highest BCUT2D eigenvalue weighted by atomic mass is 16.2. The molecule has 0 fully saturated rings. The van der Waals surface area contributed by atoms with Crippen molar-refractivity contribution in [2.45, 2.75) is 19.4 Å². The van der Waals surface area contributed by atoms with Crippen molar-refractivity contribution < 1.29 is 0 Å². The molecule has 1 aromatic heterocycles. The zero-order valence-electron chi connectivity index (χ0n) is 12.7. The Bertz CT molecular complexity index is 919. The third-order valence-electron chi connectivity index (χ3n) is 4.20. The molecule has 0 N–H and O–H groups in total. The summed E-state index contributed by atoms with van der Waals surface area (Å²) in [4.78, 5) is 12.6. The summed E-state index contributed by atoms with van der Waals surface area (Å²) in [7, 11) is 0. The van der Waals surface area contributed by atoms with E-state index in [2.05, 4.69) is 29.4 Å². The number of nitrogens with zero attached hydrogens (tertiary/aromatic N) is 3. The van der Waals surface area contributed by atoms with Gasteiger partial charge in [-0.05, 0) is 29.2 Å². The Morgan fingerprint density at radius 1 is 1.00 bits per heavy atom. The van der Waals surface area contributed by atoms with Gasteiger partial charge in [0.15, 0.2) is 0 Å². The molecule has 0 aliphatic carbocycles. The lowest BCUT2D eigenvalue weighted by molar-refractivity contribution is 0.586. The Labute approximate surface area is 134 Å². The third-order valence-corrected chi connectivity index (χ3v) is 4.20. The molecular formula is C19H17N3O. The second kappa shape index (κ2) is 5.72. The molecule has 3 aromatic rings. The predicted octanol–water partition coefficient (Wildman–Crippen LogP) is 2.82. The van der Waals surface area contributed by atoms with Crippen molar-refractivity contribution in [3.8, 4) is 0 Å². The first-order valence-corrected chi connectivity index (χ1v) is 7.79. The van der Waals surface area contributed by atoms with Crippen molar-refractivity contribution in [2.75, 3.05) is 0 Å². The van der Waals surface area contributed by atoms with E-state index in [4.69, 9.17) is 0 Å². The molecule has 0 saturated heterocycles. The Hall–Kier alpha value is -2.88. The van der Waals surface area contributed by atoms with Crippen molar-refractivity contribution in [2.24, 2.45) is 0 Å². The SMILES string of the molecule is O=c1n(CCc2ccccc2)nc2n1C=Cc1ccccc1C2. The highest BCUT2D eigenvalue weighted by Crippen LogP contribution is 2.18. The van der Waals surface area contributed by atoms with Crippen LogP contribution in [-0.2, 0) is 19.4 Å². The molecular weight excluding hydrogens is 286 g/mol. The number of rotatable bonds is 3. The smallest absolute Gasteiger partial charge is 0.253 e. The fourth-order valence-corrected chi connectivity index (χ4v) is 2.94. The van der Waals surface area contributed by atoms with Gasteiger partial charge in [0.25, 0.3) is 0 Å². The third kappa shape index (κ3) is 2.63. The van der Waals surface area contributed by atoms with E-state index in [0.29, 0.717) is 13.0 Å². The van der Waals surface area contributed by atoms with Crippen molar-refractivity contribution in [1.82, 2.24) is 14.3 Å². The number of hydrogen-bond donors (Lipinski definition) is 0. The van der Waals surface area contributed by atoms with Crippen LogP contribution in [0.4, 0.5) is 0 Å². The van der Waals surface area contributed by atoms with Crippen LogP contribution in [0.5, 0.6) is 0 Å². The van der Waals surface area contributed by atoms with Gasteiger partial charge in [0.2, 0.25) is 0 Å². The van der Waals surface area contributed by atoms with Gasteiger partial charge in [-0.3, -0.25) is 4.57 Å². The van der Waals surface area contributed by atoms with Crippen LogP contribution in [0, 0.1) is 0 Å². The Morgan fingerprint density at radius 2 is 1.78 bits per heavy atom. The zero-order chi connectivity index (χ0) is 15.6. The van der Waals surface area contributed by atoms with Gasteiger partial charge in [-0.1, -0.05) is 54.6 Å². The zero-order valence-corrected chi connectivity index (χ0v) is 12.7. The van der Waals surface area contributed by atoms with Gasteiger partial charge in [-0.2, -0.15) is 5.10 Å². The van der Waals surface area contributed by atoms with Gasteiger partial charge >= 0.3 is 5.69 Å². The molecule has 0 unspecified atom stereocenters. The van der Waals surface area contributed by atoms with Crippen LogP contribution in [0.2, 0.25) is 0 Å². The number of hydrogen-bond acceptors (Lipinski definition) is 2. The van der Waals surface area contributed by atoms with Crippen LogP contribution in [0.15, 0.2) is 59.4 Å². The maximum atomic E-state index is 12.6. The van der Waals surface area contributed by atoms with Crippen molar-refractivity contribution in [1.29, 1.82) is 0 Å². The van der Waals surface area contributed by atoms with Crippen LogP contribution >= 0.6 is 0 Å². The second-order valence-electron chi connectivity index (χ2n) is 5.72. The summed E-state index contributed by atoms with van der Waals surface area (Å²) in [5.74, 6) is 0.796. The van der Waals surface area contributed by atoms with E-state index in [0.717, 1.165) is 17.8 Å². The van der Waals surface area contributed by atoms with E-state index < -0.39 is 0 Å². The molecule has 0 atom stereocenters. The monoisotopic (exact) mass is 303 g/mol. The van der Waals surface area contributed by atoms with Crippen LogP contribution < -0.4 is 5.69 Å². The van der Waals surface area contributed by atoms with Gasteiger partial charge < -0.3 is 0 Å². The summed E-state index contributed by atoms with van der Waals surface area (Å²) >= 11 is 0. The molecule has 4 nitrogen and oxygen atoms in total. The van der Waals surface area contributed by atoms with Crippen LogP contribution in [-0.4, -0.2) is 14.3 Å². The fraction of sp³-hybridized carbons (Fsp3) is 0.158. The summed E-state index contributed by atoms with van der Waals surface area (Å²) < 4.78 is 3.23. The van der Waals surface area contributed by atoms with E-state index in [1.165, 1.54) is 11.1 Å². The second-order valence-corrected chi connectivity index (χ2v) is 5.72. The van der Waals surface area contributed by atoms with E-state index in [1.54, 1.807) is 9.25 Å². The summed E-state index contributed by atoms with van der Waals surface area (Å²) in [6.07, 6.45) is 5.29. The molecule has 0 amide bonds. The molecule has 0 spiro atoms. The molecule has 2 aromatic carbocycles. The highest BCUT2D eigenvalue weighted by molar-refractivity contribution is 5.65. The maximum absolute atomic E-state index is 12.6. The summed E-state index contributed by atoms with van der Waals surface area (Å²) in [6, 6.07) is 18.3. The Balaban J connectivity index is 1.63. The van der Waals surface area contributed by atoms with Crippen molar-refractivity contribution in [3.63, 3.8) is 0 Å². The molecule has 114 valence electrons. The van der Waals surface area contributed by atoms with Gasteiger partial charge in [0.1, 0.15) is 5.82 Å². The predicted molar refractivity (Wildman–Crippen MR) is 91.1 cm³/mol. The summed E-state index contributed by atoms with van der Waals surface area (Å²) in [6.45, 7) is 0.596. The highest BCUT2D eigenvalue weighted by Gasteiger charge is 2.15. The molecule has 4 heteroatoms. The van der Waals surface area contributed by atoms with Crippen LogP contribution in [0.3, 0.4) is 0 Å². The molecule has 0 radical (unpaired) electrons. The van der Waals surface area contributed by atoms with Gasteiger partial charge in [-0.15, -0.1) is 0 Å². The minimum atomic E-state index is -0.0695. The average molecular weight is 303 g/mol. The average Bonchev–Trinajstić information content (AvgIpc) is 2.77. The lowest BCUT2D eigenvalue weighted by Crippen LogP contribution is -2.23. The molecule has 0 bridgehead atoms. The Kier molecular flexibility index (Phi) is 3.42. The summed E-state index contributed by atoms with van der Waals surface area (Å²) in [5.41, 5.74) is 3.49. The first-order chi connectivity index (χ1) is 11.3. The molecule has 0 saturated carbocycles. The lowest BCUT2D eigenvalue weighted by Gasteiger charge is -2.02. The lowest BCUT2D eigenvalue weighted by atomic mass is 10.1. The molecule has 1 aliphatic heterocycles. The minimum Gasteiger partial charge on any atom is -0.253 e. The quantitative estimate of drug-likeness (QED) is 0.584. The molecule has 23 heavy (non-hydrogen) atoms. The number of benzene rings is 2. The molecule has 4 rings (SSSR count). The minimum absolute atomic E-state index is 0.0695. The standard InChI is InChI=1S/C19H17N3O/c23-19-21-12-11-16-8-4-5-9-17(16)14-18(21)20-22(19)13-10-15-6-2-1-3-7-15/h1-9,11-12H,10,13-14H2. The topological polar surface area (TPSA) is 39.8 Å². The van der Waals surface area contributed by atoms with E-state index in [-0.39, 0.29) is 5.69 Å². The van der Waals surface area contributed by atoms with E-state index in [1.807, 2.05) is 42.6 Å². The van der Waals surface area contributed by atoms with E-state index >= 15 is 0 Å². The number of fused-ring (bicyclic) bond motifs is 2. The maximum Gasteiger partial charge on any atom is 0.350 e. The molecule has 1 aliphatic rings. The summed E-state index contributed by atoms with van der Waals surface area (Å²) in [5, 5.41) is 4.54. The van der Waals surface area contributed by atoms with E-state index in [9.17, 15) is 4.79 Å². The first-order valence-electron chi connectivity index (χ1n) is 7.79. The van der Waals surface area contributed by atoms with Gasteiger partial charge in [-0.25, -0.2) is 9.48 Å². The van der Waals surface area contributed by atoms with Crippen LogP contribution in [0.1, 0.15) is 22.5 Å². The van der Waals surface area contributed by atoms with Gasteiger partial charge in [0, 0.05) is 12.6 Å². The normalized spacial score (nSPS) is 12.5. The van der Waals surface area contributed by atoms with Gasteiger partial charge in [0.05, 0.1) is 6.54 Å². The Morgan fingerprint density at radius 3 is 2.65 bits per heavy atom. The van der Waals surface area contributed by atoms with Crippen molar-refractivity contribution in [3.05, 3.63) is 87.6 Å².